The third-order valence-electron chi connectivity index (χ3n) is 5.14. The topological polar surface area (TPSA) is 57.7 Å². The summed E-state index contributed by atoms with van der Waals surface area (Å²) in [5.41, 5.74) is 0.0174. The number of ether oxygens (including phenoxy) is 1. The molecule has 1 aliphatic heterocycles. The number of rotatable bonds is 7. The number of carbonyl (C=O) groups excluding carboxylic acids is 1. The van der Waals surface area contributed by atoms with E-state index in [2.05, 4.69) is 33.1 Å². The number of pyridine rings is 1. The lowest BCUT2D eigenvalue weighted by Crippen LogP contribution is -2.46. The van der Waals surface area contributed by atoms with Gasteiger partial charge in [-0.05, 0) is 62.4 Å². The number of benzene rings is 1. The minimum absolute atomic E-state index is 0.178. The summed E-state index contributed by atoms with van der Waals surface area (Å²) in [6.07, 6.45) is 1.80. The normalized spacial score (nSPS) is 15.2. The average molecular weight is 417 g/mol. The summed E-state index contributed by atoms with van der Waals surface area (Å²) in [5, 5.41) is 3.60. The molecule has 156 valence electrons. The monoisotopic (exact) mass is 416 g/mol. The Kier molecular flexibility index (Phi) is 6.98. The van der Waals surface area contributed by atoms with Crippen LogP contribution in [0, 0.1) is 0 Å². The van der Waals surface area contributed by atoms with Gasteiger partial charge in [-0.25, -0.2) is 4.98 Å². The highest BCUT2D eigenvalue weighted by molar-refractivity contribution is 6.30. The van der Waals surface area contributed by atoms with E-state index in [-0.39, 0.29) is 5.91 Å². The van der Waals surface area contributed by atoms with Crippen molar-refractivity contribution in [2.24, 2.45) is 0 Å². The van der Waals surface area contributed by atoms with Gasteiger partial charge in [-0.3, -0.25) is 4.79 Å². The second kappa shape index (κ2) is 9.46. The van der Waals surface area contributed by atoms with Gasteiger partial charge in [0, 0.05) is 43.9 Å². The zero-order valence-corrected chi connectivity index (χ0v) is 18.1. The van der Waals surface area contributed by atoms with Gasteiger partial charge in [0.25, 0.3) is 5.91 Å². The Morgan fingerprint density at radius 1 is 1.17 bits per heavy atom. The van der Waals surface area contributed by atoms with Crippen molar-refractivity contribution < 1.29 is 9.53 Å². The number of nitrogens with one attached hydrogen (secondary N) is 1. The van der Waals surface area contributed by atoms with E-state index in [9.17, 15) is 4.79 Å². The number of piperazine rings is 1. The van der Waals surface area contributed by atoms with E-state index in [1.54, 1.807) is 44.3 Å². The smallest absolute Gasteiger partial charge is 0.263 e. The van der Waals surface area contributed by atoms with Crippen molar-refractivity contribution >= 4 is 23.3 Å². The van der Waals surface area contributed by atoms with Crippen LogP contribution in [0.15, 0.2) is 42.6 Å². The molecule has 3 rings (SSSR count). The molecule has 1 aromatic carbocycles. The van der Waals surface area contributed by atoms with Crippen molar-refractivity contribution in [2.75, 3.05) is 37.6 Å². The summed E-state index contributed by atoms with van der Waals surface area (Å²) in [4.78, 5) is 21.9. The zero-order valence-electron chi connectivity index (χ0n) is 17.3. The van der Waals surface area contributed by atoms with Crippen LogP contribution in [0.5, 0.6) is 5.75 Å². The van der Waals surface area contributed by atoms with Gasteiger partial charge in [-0.2, -0.15) is 0 Å². The number of hydrogen-bond acceptors (Lipinski definition) is 5. The van der Waals surface area contributed by atoms with Crippen LogP contribution in [0.1, 0.15) is 26.3 Å². The quantitative estimate of drug-likeness (QED) is 0.750. The van der Waals surface area contributed by atoms with E-state index < -0.39 is 5.60 Å². The molecular weight excluding hydrogens is 388 g/mol. The molecule has 7 heteroatoms. The fourth-order valence-corrected chi connectivity index (χ4v) is 3.40. The van der Waals surface area contributed by atoms with E-state index in [1.165, 1.54) is 0 Å². The van der Waals surface area contributed by atoms with Crippen LogP contribution in [-0.2, 0) is 11.3 Å². The first-order chi connectivity index (χ1) is 13.9. The highest BCUT2D eigenvalue weighted by atomic mass is 35.5. The lowest BCUT2D eigenvalue weighted by Gasteiger charge is -2.34. The van der Waals surface area contributed by atoms with Crippen molar-refractivity contribution in [3.8, 4) is 5.75 Å². The first kappa shape index (κ1) is 21.4. The Labute approximate surface area is 177 Å². The summed E-state index contributed by atoms with van der Waals surface area (Å²) in [6.45, 7) is 11.2. The second-order valence-corrected chi connectivity index (χ2v) is 8.13. The number of carbonyl (C=O) groups is 1. The molecule has 0 bridgehead atoms. The molecule has 6 nitrogen and oxygen atoms in total. The van der Waals surface area contributed by atoms with Crippen molar-refractivity contribution in [1.82, 2.24) is 15.2 Å². The Morgan fingerprint density at radius 3 is 2.52 bits per heavy atom. The molecule has 1 aliphatic rings. The van der Waals surface area contributed by atoms with Gasteiger partial charge in [0.05, 0.1) is 0 Å². The molecule has 1 N–H and O–H groups in total. The fraction of sp³-hybridized carbons (Fsp3) is 0.455. The molecule has 2 heterocycles. The SMILES string of the molecule is CCN1CCN(c2cc(CNC(=O)C(C)(C)Oc3ccc(Cl)cc3)ccn2)CC1. The highest BCUT2D eigenvalue weighted by Crippen LogP contribution is 2.21. The molecule has 0 unspecified atom stereocenters. The van der Waals surface area contributed by atoms with Crippen molar-refractivity contribution in [2.45, 2.75) is 32.9 Å². The molecule has 1 aromatic heterocycles. The lowest BCUT2D eigenvalue weighted by molar-refractivity contribution is -0.134. The van der Waals surface area contributed by atoms with Crippen molar-refractivity contribution in [3.05, 3.63) is 53.2 Å². The molecule has 0 saturated carbocycles. The molecule has 0 atom stereocenters. The molecule has 29 heavy (non-hydrogen) atoms. The van der Waals surface area contributed by atoms with Crippen LogP contribution in [0.4, 0.5) is 5.82 Å². The van der Waals surface area contributed by atoms with E-state index in [4.69, 9.17) is 16.3 Å². The van der Waals surface area contributed by atoms with E-state index in [0.29, 0.717) is 17.3 Å². The Hall–Kier alpha value is -2.31. The van der Waals surface area contributed by atoms with Crippen LogP contribution in [0.2, 0.25) is 5.02 Å². The lowest BCUT2D eigenvalue weighted by atomic mass is 10.1. The van der Waals surface area contributed by atoms with Gasteiger partial charge in [-0.15, -0.1) is 0 Å². The Morgan fingerprint density at radius 2 is 1.86 bits per heavy atom. The largest absolute Gasteiger partial charge is 0.478 e. The van der Waals surface area contributed by atoms with E-state index in [0.717, 1.165) is 44.1 Å². The predicted molar refractivity (Wildman–Crippen MR) is 117 cm³/mol. The molecule has 0 aliphatic carbocycles. The maximum atomic E-state index is 12.7. The minimum Gasteiger partial charge on any atom is -0.478 e. The van der Waals surface area contributed by atoms with Crippen LogP contribution in [0.25, 0.3) is 0 Å². The molecule has 1 fully saturated rings. The first-order valence-corrected chi connectivity index (χ1v) is 10.4. The third-order valence-corrected chi connectivity index (χ3v) is 5.39. The maximum absolute atomic E-state index is 12.7. The highest BCUT2D eigenvalue weighted by Gasteiger charge is 2.29. The number of nitrogens with zero attached hydrogens (tertiary/aromatic N) is 3. The molecule has 1 amide bonds. The van der Waals surface area contributed by atoms with Gasteiger partial charge in [-0.1, -0.05) is 18.5 Å². The molecule has 2 aromatic rings. The van der Waals surface area contributed by atoms with Crippen LogP contribution >= 0.6 is 11.6 Å². The number of halogens is 1. The fourth-order valence-electron chi connectivity index (χ4n) is 3.28. The van der Waals surface area contributed by atoms with Gasteiger partial charge in [0.2, 0.25) is 0 Å². The predicted octanol–water partition coefficient (Wildman–Crippen LogP) is 3.35. The van der Waals surface area contributed by atoms with Crippen molar-refractivity contribution in [3.63, 3.8) is 0 Å². The number of aromatic nitrogens is 1. The van der Waals surface area contributed by atoms with Crippen molar-refractivity contribution in [1.29, 1.82) is 0 Å². The van der Waals surface area contributed by atoms with Gasteiger partial charge in [0.1, 0.15) is 11.6 Å². The molecular formula is C22H29ClN4O2. The second-order valence-electron chi connectivity index (χ2n) is 7.69. The van der Waals surface area contributed by atoms with Crippen LogP contribution in [0.3, 0.4) is 0 Å². The van der Waals surface area contributed by atoms with Crippen LogP contribution in [-0.4, -0.2) is 54.1 Å². The van der Waals surface area contributed by atoms with Gasteiger partial charge < -0.3 is 19.9 Å². The number of likely N-dealkylation sites (N-methyl/N-ethyl adjacent to an activating group) is 1. The van der Waals surface area contributed by atoms with Crippen LogP contribution < -0.4 is 15.0 Å². The number of amides is 1. The molecule has 0 radical (unpaired) electrons. The maximum Gasteiger partial charge on any atom is 0.263 e. The summed E-state index contributed by atoms with van der Waals surface area (Å²) in [5.74, 6) is 1.39. The molecule has 0 spiro atoms. The Balaban J connectivity index is 1.56. The Bertz CT molecular complexity index is 818. The average Bonchev–Trinajstić information content (AvgIpc) is 2.73. The summed E-state index contributed by atoms with van der Waals surface area (Å²) in [6, 6.07) is 11.0. The van der Waals surface area contributed by atoms with E-state index >= 15 is 0 Å². The summed E-state index contributed by atoms with van der Waals surface area (Å²) in [7, 11) is 0. The molecule has 1 saturated heterocycles. The van der Waals surface area contributed by atoms with Gasteiger partial charge in [0.15, 0.2) is 5.60 Å². The standard InChI is InChI=1S/C22H29ClN4O2/c1-4-26-11-13-27(14-12-26)20-15-17(9-10-24-20)16-25-21(28)22(2,3)29-19-7-5-18(23)6-8-19/h5-10,15H,4,11-14,16H2,1-3H3,(H,25,28). The van der Waals surface area contributed by atoms with E-state index in [1.807, 2.05) is 6.07 Å². The van der Waals surface area contributed by atoms with Gasteiger partial charge >= 0.3 is 0 Å². The number of hydrogen-bond donors (Lipinski definition) is 1. The number of anilines is 1. The minimum atomic E-state index is -1.000. The first-order valence-electron chi connectivity index (χ1n) is 10.0. The summed E-state index contributed by atoms with van der Waals surface area (Å²) >= 11 is 5.90. The summed E-state index contributed by atoms with van der Waals surface area (Å²) < 4.78 is 5.85. The zero-order chi connectivity index (χ0) is 20.9. The third kappa shape index (κ3) is 5.84.